The molecule has 0 aromatic carbocycles. The van der Waals surface area contributed by atoms with E-state index in [0.717, 1.165) is 42.9 Å². The van der Waals surface area contributed by atoms with E-state index in [4.69, 9.17) is 21.3 Å². The van der Waals surface area contributed by atoms with Gasteiger partial charge in [0.1, 0.15) is 22.5 Å². The Bertz CT molecular complexity index is 1200. The number of aliphatic hydroxyl groups excluding tert-OH is 1. The minimum atomic E-state index is 0.134. The summed E-state index contributed by atoms with van der Waals surface area (Å²) in [5.74, 6) is 1.16. The van der Waals surface area contributed by atoms with Gasteiger partial charge < -0.3 is 26.6 Å². The summed E-state index contributed by atoms with van der Waals surface area (Å²) in [5, 5.41) is 16.1. The first-order chi connectivity index (χ1) is 17.5. The number of aromatic nitrogens is 5. The molecule has 3 aromatic rings. The fourth-order valence-electron chi connectivity index (χ4n) is 4.94. The molecule has 1 spiro atoms. The number of piperidine rings is 1. The molecule has 0 atom stereocenters. The van der Waals surface area contributed by atoms with Crippen molar-refractivity contribution in [3.63, 3.8) is 0 Å². The van der Waals surface area contributed by atoms with Crippen LogP contribution in [0.2, 0.25) is 0 Å². The zero-order valence-corrected chi connectivity index (χ0v) is 21.3. The average Bonchev–Trinajstić information content (AvgIpc) is 3.26. The lowest BCUT2D eigenvalue weighted by Gasteiger charge is -2.43. The molecule has 3 aromatic heterocycles. The van der Waals surface area contributed by atoms with Gasteiger partial charge in [-0.2, -0.15) is 10.1 Å². The molecule has 0 unspecified atom stereocenters. The summed E-state index contributed by atoms with van der Waals surface area (Å²) < 4.78 is 7.35. The third kappa shape index (κ3) is 5.76. The first-order valence-corrected chi connectivity index (χ1v) is 12.8. The maximum atomic E-state index is 8.29. The zero-order valence-electron chi connectivity index (χ0n) is 21.3. The van der Waals surface area contributed by atoms with Crippen LogP contribution in [-0.4, -0.2) is 56.6 Å². The van der Waals surface area contributed by atoms with E-state index in [1.54, 1.807) is 18.0 Å². The first-order valence-electron chi connectivity index (χ1n) is 12.8. The monoisotopic (exact) mass is 494 g/mol. The van der Waals surface area contributed by atoms with Gasteiger partial charge in [0.2, 0.25) is 5.95 Å². The van der Waals surface area contributed by atoms with Gasteiger partial charge in [-0.1, -0.05) is 32.3 Å². The van der Waals surface area contributed by atoms with Crippen molar-refractivity contribution in [2.24, 2.45) is 5.41 Å². The molecule has 2 aliphatic rings. The third-order valence-corrected chi connectivity index (χ3v) is 6.99. The Morgan fingerprint density at radius 1 is 1.14 bits per heavy atom. The van der Waals surface area contributed by atoms with E-state index in [1.165, 1.54) is 37.7 Å². The van der Waals surface area contributed by atoms with E-state index in [-0.39, 0.29) is 5.95 Å². The number of hydrogen-bond donors (Lipinski definition) is 4. The van der Waals surface area contributed by atoms with Crippen LogP contribution in [0.1, 0.15) is 63.1 Å². The number of methoxy groups -OCH3 is 1. The van der Waals surface area contributed by atoms with Gasteiger partial charge in [0, 0.05) is 12.8 Å². The quantitative estimate of drug-likeness (QED) is 0.346. The SMILES string of the molecule is CCCCCCO.COc1cc(C2=CC3(CCNCC3)C2)cnc1Cn1ncc2nc(N)nc(N)c21. The molecule has 0 radical (unpaired) electrons. The van der Waals surface area contributed by atoms with Gasteiger partial charge in [0.15, 0.2) is 5.82 Å². The molecular formula is C26H38N8O2. The number of nitrogens with two attached hydrogens (primary N) is 2. The molecule has 1 aliphatic heterocycles. The van der Waals surface area contributed by atoms with Crippen molar-refractivity contribution < 1.29 is 9.84 Å². The summed E-state index contributed by atoms with van der Waals surface area (Å²) in [6.07, 6.45) is 14.2. The van der Waals surface area contributed by atoms with Crippen molar-refractivity contribution in [3.8, 4) is 5.75 Å². The number of unbranched alkanes of at least 4 members (excludes halogenated alkanes) is 3. The van der Waals surface area contributed by atoms with Gasteiger partial charge in [0.05, 0.1) is 19.9 Å². The minimum Gasteiger partial charge on any atom is -0.495 e. The molecule has 0 saturated carbocycles. The largest absolute Gasteiger partial charge is 0.495 e. The van der Waals surface area contributed by atoms with Gasteiger partial charge in [0.25, 0.3) is 0 Å². The van der Waals surface area contributed by atoms with E-state index in [0.29, 0.717) is 35.4 Å². The smallest absolute Gasteiger partial charge is 0.222 e. The maximum Gasteiger partial charge on any atom is 0.222 e. The Morgan fingerprint density at radius 3 is 2.61 bits per heavy atom. The molecule has 10 heteroatoms. The number of aliphatic hydroxyl groups is 1. The highest BCUT2D eigenvalue weighted by atomic mass is 16.5. The van der Waals surface area contributed by atoms with Gasteiger partial charge in [-0.05, 0) is 61.4 Å². The van der Waals surface area contributed by atoms with Crippen LogP contribution in [0.5, 0.6) is 5.75 Å². The van der Waals surface area contributed by atoms with Crippen molar-refractivity contribution in [1.29, 1.82) is 0 Å². The van der Waals surface area contributed by atoms with Gasteiger partial charge >= 0.3 is 0 Å². The number of nitrogens with zero attached hydrogens (tertiary/aromatic N) is 5. The molecule has 0 amide bonds. The minimum absolute atomic E-state index is 0.134. The number of nitrogen functional groups attached to an aromatic ring is 2. The van der Waals surface area contributed by atoms with Crippen molar-refractivity contribution >= 4 is 28.4 Å². The van der Waals surface area contributed by atoms with Crippen LogP contribution >= 0.6 is 0 Å². The van der Waals surface area contributed by atoms with Crippen molar-refractivity contribution in [1.82, 2.24) is 30.0 Å². The van der Waals surface area contributed by atoms with E-state index in [1.807, 2.05) is 6.20 Å². The van der Waals surface area contributed by atoms with Crippen LogP contribution in [0.4, 0.5) is 11.8 Å². The topological polar surface area (TPSA) is 150 Å². The average molecular weight is 495 g/mol. The van der Waals surface area contributed by atoms with Crippen molar-refractivity contribution in [2.75, 3.05) is 38.3 Å². The number of anilines is 2. The lowest BCUT2D eigenvalue weighted by molar-refractivity contribution is 0.257. The number of fused-ring (bicyclic) bond motifs is 1. The molecule has 1 saturated heterocycles. The normalized spacial score (nSPS) is 16.2. The Kier molecular flexibility index (Phi) is 8.37. The maximum absolute atomic E-state index is 8.29. The predicted molar refractivity (Wildman–Crippen MR) is 142 cm³/mol. The summed E-state index contributed by atoms with van der Waals surface area (Å²) in [7, 11) is 1.66. The van der Waals surface area contributed by atoms with Gasteiger partial charge in [-0.3, -0.25) is 9.67 Å². The third-order valence-electron chi connectivity index (χ3n) is 6.99. The molecule has 36 heavy (non-hydrogen) atoms. The van der Waals surface area contributed by atoms with E-state index in [9.17, 15) is 0 Å². The number of allylic oxidation sites excluding steroid dienone is 2. The van der Waals surface area contributed by atoms with E-state index >= 15 is 0 Å². The van der Waals surface area contributed by atoms with Crippen LogP contribution in [0.15, 0.2) is 24.5 Å². The Hall–Kier alpha value is -3.24. The van der Waals surface area contributed by atoms with Gasteiger partial charge in [-0.25, -0.2) is 4.98 Å². The zero-order chi connectivity index (χ0) is 25.5. The van der Waals surface area contributed by atoms with E-state index in [2.05, 4.69) is 44.4 Å². The van der Waals surface area contributed by atoms with Gasteiger partial charge in [-0.15, -0.1) is 0 Å². The lowest BCUT2D eigenvalue weighted by atomic mass is 9.64. The second-order valence-electron chi connectivity index (χ2n) is 9.62. The number of nitrogens with one attached hydrogen (secondary N) is 1. The second-order valence-corrected chi connectivity index (χ2v) is 9.62. The van der Waals surface area contributed by atoms with Crippen LogP contribution in [-0.2, 0) is 6.54 Å². The standard InChI is InChI=1S/C20H24N8O.C6H14O/c1-29-16-6-12(13-7-20(8-13)2-4-23-5-3-20)9-24-15(16)11-28-17-14(10-25-28)26-19(22)27-18(17)21;1-2-3-4-5-6-7/h6-7,9-10,23H,2-5,8,11H2,1H3,(H4,21,22,26,27);7H,2-6H2,1H3. The summed E-state index contributed by atoms with van der Waals surface area (Å²) in [6.45, 7) is 5.12. The highest BCUT2D eigenvalue weighted by Crippen LogP contribution is 2.50. The molecule has 0 bridgehead atoms. The van der Waals surface area contributed by atoms with Crippen molar-refractivity contribution in [2.45, 2.75) is 58.4 Å². The highest BCUT2D eigenvalue weighted by Gasteiger charge is 2.38. The molecule has 1 aliphatic carbocycles. The van der Waals surface area contributed by atoms with Crippen LogP contribution in [0.25, 0.3) is 16.6 Å². The lowest BCUT2D eigenvalue weighted by Crippen LogP contribution is -2.39. The van der Waals surface area contributed by atoms with E-state index < -0.39 is 0 Å². The highest BCUT2D eigenvalue weighted by molar-refractivity contribution is 5.85. The van der Waals surface area contributed by atoms with Crippen molar-refractivity contribution in [3.05, 3.63) is 35.8 Å². The molecule has 10 nitrogen and oxygen atoms in total. The molecule has 4 heterocycles. The fourth-order valence-corrected chi connectivity index (χ4v) is 4.94. The Labute approximate surface area is 212 Å². The fraction of sp³-hybridized carbons (Fsp3) is 0.538. The second kappa shape index (κ2) is 11.7. The molecule has 6 N–H and O–H groups in total. The summed E-state index contributed by atoms with van der Waals surface area (Å²) >= 11 is 0. The summed E-state index contributed by atoms with van der Waals surface area (Å²) in [4.78, 5) is 12.9. The molecule has 5 rings (SSSR count). The summed E-state index contributed by atoms with van der Waals surface area (Å²) in [5.41, 5.74) is 16.6. The van der Waals surface area contributed by atoms with Crippen LogP contribution in [0, 0.1) is 5.41 Å². The molecular weight excluding hydrogens is 456 g/mol. The van der Waals surface area contributed by atoms with Crippen LogP contribution in [0.3, 0.4) is 0 Å². The number of hydrogen-bond acceptors (Lipinski definition) is 9. The Morgan fingerprint density at radius 2 is 1.92 bits per heavy atom. The number of rotatable bonds is 8. The van der Waals surface area contributed by atoms with Crippen LogP contribution < -0.4 is 21.5 Å². The molecule has 1 fully saturated rings. The molecule has 194 valence electrons. The number of ether oxygens (including phenoxy) is 1. The first kappa shape index (κ1) is 25.8. The Balaban J connectivity index is 0.000000384. The predicted octanol–water partition coefficient (Wildman–Crippen LogP) is 3.16. The summed E-state index contributed by atoms with van der Waals surface area (Å²) in [6, 6.07) is 2.06. The number of pyridine rings is 1.